The zero-order valence-electron chi connectivity index (χ0n) is 18.1. The molecule has 2 heteroatoms. The van der Waals surface area contributed by atoms with Crippen molar-refractivity contribution in [3.05, 3.63) is 0 Å². The molecule has 0 rings (SSSR count). The highest BCUT2D eigenvalue weighted by molar-refractivity contribution is 14.0. The largest absolute Gasteiger partial charge is 0.131 e. The molecule has 0 N–H and O–H groups in total. The second-order valence-electron chi connectivity index (χ2n) is 8.19. The molecular weight excluding hydrogens is 434 g/mol. The summed E-state index contributed by atoms with van der Waals surface area (Å²) in [6.45, 7) is 9.36. The predicted octanol–water partition coefficient (Wildman–Crippen LogP) is 9.55. The van der Waals surface area contributed by atoms with Crippen LogP contribution in [0.3, 0.4) is 0 Å². The Bertz CT molecular complexity index is 242. The van der Waals surface area contributed by atoms with Crippen LogP contribution in [0.15, 0.2) is 0 Å². The fraction of sp³-hybridized carbons (Fsp3) is 1.00. The Labute approximate surface area is 180 Å². The molecule has 0 aliphatic carbocycles. The summed E-state index contributed by atoms with van der Waals surface area (Å²) in [5.74, 6) is 0.938. The van der Waals surface area contributed by atoms with Gasteiger partial charge in [-0.1, -0.05) is 111 Å². The van der Waals surface area contributed by atoms with Crippen LogP contribution in [0.4, 0.5) is 0 Å². The van der Waals surface area contributed by atoms with E-state index >= 15 is 0 Å². The third-order valence-electron chi connectivity index (χ3n) is 5.85. The Morgan fingerprint density at radius 2 is 1.00 bits per heavy atom. The molecule has 0 heterocycles. The summed E-state index contributed by atoms with van der Waals surface area (Å²) in [6, 6.07) is 0. The first-order valence-electron chi connectivity index (χ1n) is 11.4. The molecule has 0 saturated heterocycles. The SMILES string of the molecule is CCCCCCC(CCC)C(P)(CCCCCC)CCCCCC.I. The van der Waals surface area contributed by atoms with Crippen molar-refractivity contribution in [2.45, 2.75) is 142 Å². The monoisotopic (exact) mass is 484 g/mol. The van der Waals surface area contributed by atoms with Crippen molar-refractivity contribution in [2.75, 3.05) is 0 Å². The van der Waals surface area contributed by atoms with Crippen LogP contribution in [-0.2, 0) is 0 Å². The van der Waals surface area contributed by atoms with E-state index in [9.17, 15) is 0 Å². The zero-order chi connectivity index (χ0) is 18.1. The van der Waals surface area contributed by atoms with E-state index in [2.05, 4.69) is 36.9 Å². The molecule has 2 unspecified atom stereocenters. The van der Waals surface area contributed by atoms with Crippen LogP contribution >= 0.6 is 33.2 Å². The molecule has 2 atom stereocenters. The van der Waals surface area contributed by atoms with Crippen LogP contribution < -0.4 is 0 Å². The van der Waals surface area contributed by atoms with Crippen LogP contribution in [0, 0.1) is 5.92 Å². The van der Waals surface area contributed by atoms with Crippen molar-refractivity contribution in [3.8, 4) is 0 Å². The fourth-order valence-corrected chi connectivity index (χ4v) is 4.92. The van der Waals surface area contributed by atoms with Gasteiger partial charge in [-0.2, -0.15) is 0 Å². The molecule has 154 valence electrons. The maximum Gasteiger partial charge on any atom is -0.0122 e. The third-order valence-corrected chi connectivity index (χ3v) is 6.90. The van der Waals surface area contributed by atoms with E-state index in [1.807, 2.05) is 0 Å². The Morgan fingerprint density at radius 1 is 0.560 bits per heavy atom. The van der Waals surface area contributed by atoms with Crippen molar-refractivity contribution in [1.82, 2.24) is 0 Å². The molecule has 0 bridgehead atoms. The van der Waals surface area contributed by atoms with Crippen LogP contribution in [0.25, 0.3) is 0 Å². The van der Waals surface area contributed by atoms with Gasteiger partial charge < -0.3 is 0 Å². The van der Waals surface area contributed by atoms with Gasteiger partial charge in [0.15, 0.2) is 0 Å². The highest BCUT2D eigenvalue weighted by Gasteiger charge is 2.32. The predicted molar refractivity (Wildman–Crippen MR) is 133 cm³/mol. The molecule has 0 aliphatic rings. The maximum absolute atomic E-state index is 3.40. The highest BCUT2D eigenvalue weighted by atomic mass is 127. The first kappa shape index (κ1) is 28.4. The molecule has 0 amide bonds. The number of hydrogen-bond donors (Lipinski definition) is 0. The minimum Gasteiger partial charge on any atom is -0.131 e. The van der Waals surface area contributed by atoms with E-state index in [1.165, 1.54) is 109 Å². The molecule has 0 nitrogen and oxygen atoms in total. The van der Waals surface area contributed by atoms with E-state index in [4.69, 9.17) is 0 Å². The van der Waals surface area contributed by atoms with Crippen molar-refractivity contribution < 1.29 is 0 Å². The fourth-order valence-electron chi connectivity index (χ4n) is 4.18. The van der Waals surface area contributed by atoms with Gasteiger partial charge in [0.25, 0.3) is 0 Å². The van der Waals surface area contributed by atoms with Crippen LogP contribution in [0.2, 0.25) is 0 Å². The van der Waals surface area contributed by atoms with Gasteiger partial charge in [0.2, 0.25) is 0 Å². The minimum atomic E-state index is 0. The standard InChI is InChI=1S/C23H49P.HI/c1-5-9-12-15-19-22(18-8-4)23(24,20-16-13-10-6-2)21-17-14-11-7-3;/h22H,5-21,24H2,1-4H3;1H. The van der Waals surface area contributed by atoms with Crippen molar-refractivity contribution in [2.24, 2.45) is 5.92 Å². The van der Waals surface area contributed by atoms with Crippen molar-refractivity contribution in [3.63, 3.8) is 0 Å². The van der Waals surface area contributed by atoms with Crippen LogP contribution in [0.5, 0.6) is 0 Å². The smallest absolute Gasteiger partial charge is 0.0122 e. The summed E-state index contributed by atoms with van der Waals surface area (Å²) in [6.07, 6.45) is 24.2. The summed E-state index contributed by atoms with van der Waals surface area (Å²) in [7, 11) is 3.40. The Morgan fingerprint density at radius 3 is 1.40 bits per heavy atom. The van der Waals surface area contributed by atoms with E-state index < -0.39 is 0 Å². The summed E-state index contributed by atoms with van der Waals surface area (Å²) >= 11 is 0. The topological polar surface area (TPSA) is 0 Å². The zero-order valence-corrected chi connectivity index (χ0v) is 21.6. The van der Waals surface area contributed by atoms with Gasteiger partial charge in [-0.15, -0.1) is 33.2 Å². The first-order valence-corrected chi connectivity index (χ1v) is 12.0. The Kier molecular flexibility index (Phi) is 22.6. The lowest BCUT2D eigenvalue weighted by Gasteiger charge is -2.39. The molecule has 0 aliphatic heterocycles. The lowest BCUT2D eigenvalue weighted by atomic mass is 9.77. The van der Waals surface area contributed by atoms with Gasteiger partial charge >= 0.3 is 0 Å². The second kappa shape index (κ2) is 19.9. The highest BCUT2D eigenvalue weighted by Crippen LogP contribution is 2.43. The number of unbranched alkanes of at least 4 members (excludes halogenated alkanes) is 9. The first-order chi connectivity index (χ1) is 11.6. The van der Waals surface area contributed by atoms with Gasteiger partial charge in [-0.25, -0.2) is 0 Å². The molecule has 0 spiro atoms. The summed E-state index contributed by atoms with van der Waals surface area (Å²) in [5.41, 5.74) is 0. The molecule has 0 aromatic rings. The lowest BCUT2D eigenvalue weighted by Crippen LogP contribution is -2.32. The van der Waals surface area contributed by atoms with Gasteiger partial charge in [0, 0.05) is 0 Å². The molecular formula is C23H50IP. The van der Waals surface area contributed by atoms with Gasteiger partial charge in [0.1, 0.15) is 0 Å². The molecule has 0 radical (unpaired) electrons. The average molecular weight is 485 g/mol. The Balaban J connectivity index is 0. The van der Waals surface area contributed by atoms with Crippen LogP contribution in [-0.4, -0.2) is 5.16 Å². The quantitative estimate of drug-likeness (QED) is 0.103. The van der Waals surface area contributed by atoms with Crippen molar-refractivity contribution in [1.29, 1.82) is 0 Å². The second-order valence-corrected chi connectivity index (χ2v) is 9.34. The summed E-state index contributed by atoms with van der Waals surface area (Å²) < 4.78 is 0. The van der Waals surface area contributed by atoms with E-state index in [0.717, 1.165) is 5.92 Å². The molecule has 0 saturated carbocycles. The van der Waals surface area contributed by atoms with E-state index in [0.29, 0.717) is 5.16 Å². The average Bonchev–Trinajstić information content (AvgIpc) is 2.58. The lowest BCUT2D eigenvalue weighted by molar-refractivity contribution is 0.275. The van der Waals surface area contributed by atoms with Gasteiger partial charge in [0.05, 0.1) is 0 Å². The molecule has 0 fully saturated rings. The van der Waals surface area contributed by atoms with Crippen LogP contribution in [0.1, 0.15) is 137 Å². The van der Waals surface area contributed by atoms with E-state index in [-0.39, 0.29) is 24.0 Å². The van der Waals surface area contributed by atoms with E-state index in [1.54, 1.807) is 0 Å². The summed E-state index contributed by atoms with van der Waals surface area (Å²) in [4.78, 5) is 0. The third kappa shape index (κ3) is 14.8. The Hall–Kier alpha value is 1.16. The molecule has 0 aromatic heterocycles. The maximum atomic E-state index is 3.40. The number of rotatable bonds is 18. The number of hydrogen-bond acceptors (Lipinski definition) is 0. The molecule has 25 heavy (non-hydrogen) atoms. The van der Waals surface area contributed by atoms with Gasteiger partial charge in [-0.05, 0) is 36.8 Å². The van der Waals surface area contributed by atoms with Gasteiger partial charge in [-0.3, -0.25) is 0 Å². The number of halogens is 1. The van der Waals surface area contributed by atoms with Crippen molar-refractivity contribution >= 4 is 33.2 Å². The normalized spacial score (nSPS) is 12.8. The minimum absolute atomic E-state index is 0. The molecule has 0 aromatic carbocycles. The summed E-state index contributed by atoms with van der Waals surface area (Å²) in [5, 5.41) is 0.531.